The lowest BCUT2D eigenvalue weighted by Gasteiger charge is -2.03. The van der Waals surface area contributed by atoms with Crippen LogP contribution in [0.1, 0.15) is 424 Å². The molecule has 0 bridgehead atoms. The van der Waals surface area contributed by atoms with E-state index in [1.807, 2.05) is 0 Å². The molecule has 0 aliphatic rings. The van der Waals surface area contributed by atoms with Gasteiger partial charge in [0.05, 0.1) is 0 Å². The number of hydrogen-bond donors (Lipinski definition) is 6. The second kappa shape index (κ2) is 93.6. The number of unbranched alkanes of at least 4 members (excludes halogenated alkanes) is 50. The lowest BCUT2D eigenvalue weighted by molar-refractivity contribution is 0.143. The fraction of sp³-hybridized carbons (Fsp3) is 1.00. The second-order valence-corrected chi connectivity index (χ2v) is 23.9. The van der Waals surface area contributed by atoms with Crippen LogP contribution in [-0.4, -0.2) is 42.6 Å². The summed E-state index contributed by atoms with van der Waals surface area (Å²) < 4.78 is 23.0. The first kappa shape index (κ1) is 97.3. The minimum atomic E-state index is -4.64. The van der Waals surface area contributed by atoms with E-state index in [-0.39, 0.29) is 22.3 Å². The molecule has 0 aromatic heterocycles. The van der Waals surface area contributed by atoms with Crippen molar-refractivity contribution in [2.24, 2.45) is 0 Å². The first-order valence-corrected chi connectivity index (χ1v) is 36.4. The molecule has 0 radical (unpaired) electrons. The standard InChI is InChI=1S/3C18H38.C10H22O.3CH4.2H3O4P/c3*1-3-5-7-9-11-13-15-17-18-16-14-12-10-8-6-4-2;1-3-5-6-7-8-9-10-11-4-2;;;;2*1-5(2,3)4/h3*3-18H2,1-2H3;3-10H2,1-2H3;3*1H4;2*(H3,1,2,3,4). The van der Waals surface area contributed by atoms with Crippen LogP contribution in [0.5, 0.6) is 0 Å². The van der Waals surface area contributed by atoms with Gasteiger partial charge < -0.3 is 34.1 Å². The third kappa shape index (κ3) is 152. The maximum atomic E-state index is 8.88. The molecule has 486 valence electrons. The zero-order valence-corrected chi connectivity index (χ0v) is 54.2. The monoisotopic (exact) mass is 1170 g/mol. The molecular formula is C67H154O9P2. The Balaban J connectivity index is -0.000000109. The lowest BCUT2D eigenvalue weighted by atomic mass is 10.0. The molecule has 0 aromatic rings. The smallest absolute Gasteiger partial charge is 0.382 e. The Kier molecular flexibility index (Phi) is 117. The fourth-order valence-corrected chi connectivity index (χ4v) is 8.99. The van der Waals surface area contributed by atoms with Gasteiger partial charge in [-0.15, -0.1) is 0 Å². The summed E-state index contributed by atoms with van der Waals surface area (Å²) in [6, 6.07) is 0. The molecule has 0 fully saturated rings. The quantitative estimate of drug-likeness (QED) is 0.0257. The molecular weight excluding hydrogens is 1010 g/mol. The van der Waals surface area contributed by atoms with E-state index >= 15 is 0 Å². The van der Waals surface area contributed by atoms with Crippen LogP contribution in [0.25, 0.3) is 0 Å². The maximum Gasteiger partial charge on any atom is 0.466 e. The molecule has 9 nitrogen and oxygen atoms in total. The van der Waals surface area contributed by atoms with Gasteiger partial charge in [0, 0.05) is 13.2 Å². The van der Waals surface area contributed by atoms with Gasteiger partial charge in [-0.25, -0.2) is 9.13 Å². The molecule has 0 aliphatic heterocycles. The Hall–Kier alpha value is 0.180. The Morgan fingerprint density at radius 1 is 0.205 bits per heavy atom. The third-order valence-electron chi connectivity index (χ3n) is 13.7. The van der Waals surface area contributed by atoms with E-state index in [0.29, 0.717) is 0 Å². The van der Waals surface area contributed by atoms with Crippen LogP contribution in [-0.2, 0) is 13.9 Å². The molecule has 0 aromatic carbocycles. The Bertz CT molecular complexity index is 826. The first-order chi connectivity index (χ1) is 36.2. The summed E-state index contributed by atoms with van der Waals surface area (Å²) in [7, 11) is -9.28. The van der Waals surface area contributed by atoms with Gasteiger partial charge >= 0.3 is 15.6 Å². The first-order valence-electron chi connectivity index (χ1n) is 33.3. The Morgan fingerprint density at radius 3 is 0.385 bits per heavy atom. The molecule has 0 saturated carbocycles. The SMILES string of the molecule is C.C.C.CCCCCCCCCCCCCCCCCC.CCCCCCCCCCCCCCCCCC.CCCCCCCCCCCCCCCCCC.CCCCCCCCOCC.O=P(O)(O)O.O=P(O)(O)O. The minimum Gasteiger partial charge on any atom is -0.382 e. The number of ether oxygens (including phenoxy) is 1. The van der Waals surface area contributed by atoms with E-state index in [1.165, 1.54) is 347 Å². The molecule has 78 heavy (non-hydrogen) atoms. The molecule has 6 N–H and O–H groups in total. The van der Waals surface area contributed by atoms with E-state index in [9.17, 15) is 0 Å². The molecule has 0 unspecified atom stereocenters. The largest absolute Gasteiger partial charge is 0.466 e. The van der Waals surface area contributed by atoms with Gasteiger partial charge in [-0.2, -0.15) is 0 Å². The molecule has 0 spiro atoms. The highest BCUT2D eigenvalue weighted by atomic mass is 31.2. The number of rotatable bonds is 53. The van der Waals surface area contributed by atoms with Crippen molar-refractivity contribution in [1.82, 2.24) is 0 Å². The fourth-order valence-electron chi connectivity index (χ4n) is 8.99. The van der Waals surface area contributed by atoms with Crippen molar-refractivity contribution < 1.29 is 43.2 Å². The Labute approximate surface area is 494 Å². The van der Waals surface area contributed by atoms with Gasteiger partial charge in [-0.05, 0) is 13.3 Å². The number of hydrogen-bond acceptors (Lipinski definition) is 3. The predicted molar refractivity (Wildman–Crippen MR) is 354 cm³/mol. The zero-order chi connectivity index (χ0) is 57.3. The van der Waals surface area contributed by atoms with Crippen LogP contribution in [0.4, 0.5) is 0 Å². The van der Waals surface area contributed by atoms with E-state index in [1.54, 1.807) is 0 Å². The predicted octanol–water partition coefficient (Wildman–Crippen LogP) is 25.2. The van der Waals surface area contributed by atoms with Gasteiger partial charge in [0.1, 0.15) is 0 Å². The van der Waals surface area contributed by atoms with Crippen molar-refractivity contribution in [3.63, 3.8) is 0 Å². The molecule has 0 atom stereocenters. The summed E-state index contributed by atoms with van der Waals surface area (Å²) in [5.41, 5.74) is 0. The van der Waals surface area contributed by atoms with Crippen molar-refractivity contribution in [1.29, 1.82) is 0 Å². The second-order valence-electron chi connectivity index (χ2n) is 21.8. The van der Waals surface area contributed by atoms with Crippen molar-refractivity contribution >= 4 is 15.6 Å². The molecule has 0 aliphatic carbocycles. The van der Waals surface area contributed by atoms with Gasteiger partial charge in [-0.1, -0.05) is 411 Å². The van der Waals surface area contributed by atoms with Crippen LogP contribution in [0.3, 0.4) is 0 Å². The lowest BCUT2D eigenvalue weighted by Crippen LogP contribution is -1.92. The van der Waals surface area contributed by atoms with Crippen molar-refractivity contribution in [2.45, 2.75) is 424 Å². The summed E-state index contributed by atoms with van der Waals surface area (Å²) in [5, 5.41) is 0. The van der Waals surface area contributed by atoms with Crippen molar-refractivity contribution in [3.05, 3.63) is 0 Å². The minimum absolute atomic E-state index is 0. The van der Waals surface area contributed by atoms with Crippen LogP contribution in [0.15, 0.2) is 0 Å². The van der Waals surface area contributed by atoms with Crippen molar-refractivity contribution in [2.75, 3.05) is 13.2 Å². The highest BCUT2D eigenvalue weighted by Gasteiger charge is 2.01. The van der Waals surface area contributed by atoms with E-state index < -0.39 is 15.6 Å². The average molecular weight is 1170 g/mol. The molecule has 0 amide bonds. The maximum absolute atomic E-state index is 8.88. The number of phosphoric acid groups is 2. The van der Waals surface area contributed by atoms with Gasteiger partial charge in [0.15, 0.2) is 0 Å². The van der Waals surface area contributed by atoms with Gasteiger partial charge in [0.25, 0.3) is 0 Å². The van der Waals surface area contributed by atoms with E-state index in [2.05, 4.69) is 55.4 Å². The highest BCUT2D eigenvalue weighted by Crippen LogP contribution is 2.26. The average Bonchev–Trinajstić information content (AvgIpc) is 3.36. The highest BCUT2D eigenvalue weighted by molar-refractivity contribution is 7.45. The van der Waals surface area contributed by atoms with Gasteiger partial charge in [-0.3, -0.25) is 0 Å². The topological polar surface area (TPSA) is 165 Å². The van der Waals surface area contributed by atoms with E-state index in [4.69, 9.17) is 43.2 Å². The summed E-state index contributed by atoms with van der Waals surface area (Å²) in [6.45, 7) is 19.9. The molecule has 0 rings (SSSR count). The summed E-state index contributed by atoms with van der Waals surface area (Å²) in [4.78, 5) is 43.1. The van der Waals surface area contributed by atoms with Crippen molar-refractivity contribution in [3.8, 4) is 0 Å². The van der Waals surface area contributed by atoms with Gasteiger partial charge in [0.2, 0.25) is 0 Å². The van der Waals surface area contributed by atoms with E-state index in [0.717, 1.165) is 13.2 Å². The van der Waals surface area contributed by atoms with Crippen LogP contribution in [0, 0.1) is 0 Å². The molecule has 11 heteroatoms. The zero-order valence-electron chi connectivity index (χ0n) is 52.4. The molecule has 0 heterocycles. The normalized spacial score (nSPS) is 10.6. The van der Waals surface area contributed by atoms with Crippen LogP contribution in [0.2, 0.25) is 0 Å². The Morgan fingerprint density at radius 2 is 0.295 bits per heavy atom. The summed E-state index contributed by atoms with van der Waals surface area (Å²) >= 11 is 0. The molecule has 0 saturated heterocycles. The van der Waals surface area contributed by atoms with Crippen LogP contribution < -0.4 is 0 Å². The third-order valence-corrected chi connectivity index (χ3v) is 13.7. The summed E-state index contributed by atoms with van der Waals surface area (Å²) in [5.74, 6) is 0. The summed E-state index contributed by atoms with van der Waals surface area (Å²) in [6.07, 6.45) is 78.4. The van der Waals surface area contributed by atoms with Crippen LogP contribution >= 0.6 is 15.6 Å².